The number of aliphatic imine (C=N–C) groups is 1. The Morgan fingerprint density at radius 3 is 2.80 bits per heavy atom. The number of nitrogens with zero attached hydrogens (tertiary/aromatic N) is 1. The molecule has 1 aromatic carbocycles. The smallest absolute Gasteiger partial charge is 0.127 e. The molecule has 0 saturated heterocycles. The van der Waals surface area contributed by atoms with E-state index in [0.29, 0.717) is 11.8 Å². The van der Waals surface area contributed by atoms with Crippen LogP contribution in [-0.2, 0) is 0 Å². The van der Waals surface area contributed by atoms with Crippen molar-refractivity contribution in [3.63, 3.8) is 0 Å². The van der Waals surface area contributed by atoms with E-state index >= 15 is 0 Å². The molecule has 2 rings (SSSR count). The number of hydrogen-bond acceptors (Lipinski definition) is 2. The molecule has 1 N–H and O–H groups in total. The van der Waals surface area contributed by atoms with Gasteiger partial charge in [0, 0.05) is 11.8 Å². The van der Waals surface area contributed by atoms with E-state index in [9.17, 15) is 5.11 Å². The van der Waals surface area contributed by atoms with Crippen LogP contribution in [0.15, 0.2) is 23.2 Å². The fourth-order valence-corrected chi connectivity index (χ4v) is 1.95. The largest absolute Gasteiger partial charge is 0.507 e. The molecule has 0 bridgehead atoms. The number of aryl methyl sites for hydroxylation is 1. The van der Waals surface area contributed by atoms with Gasteiger partial charge in [-0.2, -0.15) is 0 Å². The van der Waals surface area contributed by atoms with Crippen LogP contribution in [0.25, 0.3) is 0 Å². The van der Waals surface area contributed by atoms with E-state index in [4.69, 9.17) is 0 Å². The van der Waals surface area contributed by atoms with Gasteiger partial charge in [0.05, 0.1) is 6.04 Å². The van der Waals surface area contributed by atoms with Crippen LogP contribution in [-0.4, -0.2) is 17.4 Å². The topological polar surface area (TPSA) is 32.6 Å². The predicted octanol–water partition coefficient (Wildman–Crippen LogP) is 2.92. The summed E-state index contributed by atoms with van der Waals surface area (Å²) < 4.78 is 0. The van der Waals surface area contributed by atoms with Crippen molar-refractivity contribution in [1.82, 2.24) is 0 Å². The highest BCUT2D eigenvalue weighted by Crippen LogP contribution is 2.29. The molecule has 0 atom stereocenters. The van der Waals surface area contributed by atoms with E-state index < -0.39 is 0 Å². The van der Waals surface area contributed by atoms with Crippen LogP contribution in [0.4, 0.5) is 0 Å². The van der Waals surface area contributed by atoms with Gasteiger partial charge >= 0.3 is 0 Å². The fourth-order valence-electron chi connectivity index (χ4n) is 1.95. The SMILES string of the molecule is Cc1cccc(C=NC2CC(C)C2)c1O. The van der Waals surface area contributed by atoms with Crippen molar-refractivity contribution in [2.75, 3.05) is 0 Å². The molecular formula is C13H17NO. The number of phenolic OH excluding ortho intramolecular Hbond substituents is 1. The standard InChI is InChI=1S/C13H17NO/c1-9-6-12(7-9)14-8-11-5-3-4-10(2)13(11)15/h3-5,8-9,12,15H,6-7H2,1-2H3. The summed E-state index contributed by atoms with van der Waals surface area (Å²) in [7, 11) is 0. The molecule has 2 nitrogen and oxygen atoms in total. The highest BCUT2D eigenvalue weighted by molar-refractivity contribution is 5.84. The third-order valence-electron chi connectivity index (χ3n) is 3.04. The lowest BCUT2D eigenvalue weighted by molar-refractivity contribution is 0.293. The van der Waals surface area contributed by atoms with Crippen molar-refractivity contribution >= 4 is 6.21 Å². The Balaban J connectivity index is 2.07. The lowest BCUT2D eigenvalue weighted by atomic mass is 9.82. The van der Waals surface area contributed by atoms with Gasteiger partial charge in [0.15, 0.2) is 0 Å². The van der Waals surface area contributed by atoms with E-state index in [0.717, 1.165) is 17.0 Å². The zero-order valence-electron chi connectivity index (χ0n) is 9.27. The van der Waals surface area contributed by atoms with Crippen molar-refractivity contribution in [1.29, 1.82) is 0 Å². The van der Waals surface area contributed by atoms with Crippen molar-refractivity contribution in [2.45, 2.75) is 32.7 Å². The molecule has 0 spiro atoms. The molecule has 0 unspecified atom stereocenters. The predicted molar refractivity (Wildman–Crippen MR) is 62.6 cm³/mol. The fraction of sp³-hybridized carbons (Fsp3) is 0.462. The molecule has 2 heteroatoms. The lowest BCUT2D eigenvalue weighted by Gasteiger charge is -2.29. The van der Waals surface area contributed by atoms with Gasteiger partial charge in [-0.25, -0.2) is 0 Å². The second-order valence-electron chi connectivity index (χ2n) is 4.52. The molecule has 80 valence electrons. The summed E-state index contributed by atoms with van der Waals surface area (Å²) in [6, 6.07) is 6.21. The molecule has 1 aliphatic rings. The van der Waals surface area contributed by atoms with Gasteiger partial charge in [-0.05, 0) is 37.3 Å². The summed E-state index contributed by atoms with van der Waals surface area (Å²) in [5.41, 5.74) is 1.73. The van der Waals surface area contributed by atoms with Gasteiger partial charge in [0.2, 0.25) is 0 Å². The molecule has 0 aliphatic heterocycles. The van der Waals surface area contributed by atoms with Gasteiger partial charge in [-0.15, -0.1) is 0 Å². The summed E-state index contributed by atoms with van der Waals surface area (Å²) in [6.07, 6.45) is 4.17. The molecule has 0 heterocycles. The maximum absolute atomic E-state index is 9.76. The monoisotopic (exact) mass is 203 g/mol. The Kier molecular flexibility index (Phi) is 2.76. The second kappa shape index (κ2) is 4.05. The molecule has 0 radical (unpaired) electrons. The third-order valence-corrected chi connectivity index (χ3v) is 3.04. The number of benzene rings is 1. The van der Waals surface area contributed by atoms with Crippen molar-refractivity contribution in [3.8, 4) is 5.75 Å². The van der Waals surface area contributed by atoms with Crippen LogP contribution >= 0.6 is 0 Å². The molecule has 15 heavy (non-hydrogen) atoms. The Morgan fingerprint density at radius 2 is 2.13 bits per heavy atom. The van der Waals surface area contributed by atoms with Crippen LogP contribution in [0.2, 0.25) is 0 Å². The Morgan fingerprint density at radius 1 is 1.40 bits per heavy atom. The summed E-state index contributed by atoms with van der Waals surface area (Å²) in [5, 5.41) is 9.76. The maximum atomic E-state index is 9.76. The quantitative estimate of drug-likeness (QED) is 0.736. The summed E-state index contributed by atoms with van der Waals surface area (Å²) in [4.78, 5) is 4.47. The number of hydrogen-bond donors (Lipinski definition) is 1. The van der Waals surface area contributed by atoms with Gasteiger partial charge < -0.3 is 5.11 Å². The number of aromatic hydroxyl groups is 1. The number of para-hydroxylation sites is 1. The molecular weight excluding hydrogens is 186 g/mol. The molecule has 0 amide bonds. The zero-order valence-corrected chi connectivity index (χ0v) is 9.27. The van der Waals surface area contributed by atoms with E-state index in [1.807, 2.05) is 25.1 Å². The van der Waals surface area contributed by atoms with Crippen LogP contribution in [0, 0.1) is 12.8 Å². The first-order chi connectivity index (χ1) is 7.16. The summed E-state index contributed by atoms with van der Waals surface area (Å²) in [6.45, 7) is 4.15. The number of rotatable bonds is 2. The highest BCUT2D eigenvalue weighted by Gasteiger charge is 2.23. The highest BCUT2D eigenvalue weighted by atomic mass is 16.3. The van der Waals surface area contributed by atoms with Crippen molar-refractivity contribution < 1.29 is 5.11 Å². The average molecular weight is 203 g/mol. The molecule has 1 saturated carbocycles. The molecule has 1 aromatic rings. The van der Waals surface area contributed by atoms with Crippen LogP contribution < -0.4 is 0 Å². The van der Waals surface area contributed by atoms with Gasteiger partial charge in [0.1, 0.15) is 5.75 Å². The number of phenols is 1. The third kappa shape index (κ3) is 2.20. The molecule has 0 aromatic heterocycles. The van der Waals surface area contributed by atoms with Crippen molar-refractivity contribution in [2.24, 2.45) is 10.9 Å². The van der Waals surface area contributed by atoms with Gasteiger partial charge in [0.25, 0.3) is 0 Å². The minimum Gasteiger partial charge on any atom is -0.507 e. The van der Waals surface area contributed by atoms with E-state index in [2.05, 4.69) is 11.9 Å². The zero-order chi connectivity index (χ0) is 10.8. The molecule has 1 aliphatic carbocycles. The normalized spacial score (nSPS) is 25.5. The summed E-state index contributed by atoms with van der Waals surface area (Å²) in [5.74, 6) is 1.17. The maximum Gasteiger partial charge on any atom is 0.127 e. The van der Waals surface area contributed by atoms with Crippen LogP contribution in [0.3, 0.4) is 0 Å². The summed E-state index contributed by atoms with van der Waals surface area (Å²) >= 11 is 0. The lowest BCUT2D eigenvalue weighted by Crippen LogP contribution is -2.24. The minimum absolute atomic E-state index is 0.355. The Labute approximate surface area is 90.7 Å². The van der Waals surface area contributed by atoms with Gasteiger partial charge in [-0.3, -0.25) is 4.99 Å². The average Bonchev–Trinajstić information content (AvgIpc) is 2.17. The van der Waals surface area contributed by atoms with Crippen LogP contribution in [0.5, 0.6) is 5.75 Å². The van der Waals surface area contributed by atoms with Gasteiger partial charge in [-0.1, -0.05) is 19.1 Å². The first kappa shape index (κ1) is 10.2. The van der Waals surface area contributed by atoms with Crippen molar-refractivity contribution in [3.05, 3.63) is 29.3 Å². The van der Waals surface area contributed by atoms with E-state index in [-0.39, 0.29) is 0 Å². The first-order valence-corrected chi connectivity index (χ1v) is 5.48. The second-order valence-corrected chi connectivity index (χ2v) is 4.52. The Hall–Kier alpha value is -1.31. The molecule has 1 fully saturated rings. The van der Waals surface area contributed by atoms with E-state index in [1.165, 1.54) is 12.8 Å². The van der Waals surface area contributed by atoms with Crippen LogP contribution in [0.1, 0.15) is 30.9 Å². The minimum atomic E-state index is 0.355. The Bertz CT molecular complexity index is 378. The van der Waals surface area contributed by atoms with E-state index in [1.54, 1.807) is 6.21 Å². The first-order valence-electron chi connectivity index (χ1n) is 5.48.